The zero-order chi connectivity index (χ0) is 15.6. The summed E-state index contributed by atoms with van der Waals surface area (Å²) in [6.07, 6.45) is 0. The van der Waals surface area contributed by atoms with Crippen molar-refractivity contribution in [2.45, 2.75) is 13.0 Å². The number of para-hydroxylation sites is 1. The minimum atomic E-state index is -1.07. The Morgan fingerprint density at radius 1 is 1.38 bits per heavy atom. The summed E-state index contributed by atoms with van der Waals surface area (Å²) in [5.74, 6) is -1.07. The number of hydrogen-bond donors (Lipinski definition) is 2. The first-order chi connectivity index (χ1) is 9.90. The van der Waals surface area contributed by atoms with E-state index in [0.717, 1.165) is 13.1 Å². The number of benzene rings is 1. The molecule has 0 bridgehead atoms. The van der Waals surface area contributed by atoms with Crippen LogP contribution >= 0.6 is 15.9 Å². The SMILES string of the molecule is CC1CN(C)CCN1C(=O)Nc1c(Br)cccc1C(=O)O. The molecule has 0 spiro atoms. The normalized spacial score (nSPS) is 19.4. The van der Waals surface area contributed by atoms with Gasteiger partial charge in [0.1, 0.15) is 0 Å². The van der Waals surface area contributed by atoms with Gasteiger partial charge in [-0.1, -0.05) is 6.07 Å². The van der Waals surface area contributed by atoms with Crippen LogP contribution in [0.1, 0.15) is 17.3 Å². The van der Waals surface area contributed by atoms with E-state index in [2.05, 4.69) is 26.1 Å². The fourth-order valence-electron chi connectivity index (χ4n) is 2.45. The second kappa shape index (κ2) is 6.44. The predicted octanol–water partition coefficient (Wildman–Crippen LogP) is 2.32. The Hall–Kier alpha value is -1.60. The Balaban J connectivity index is 2.18. The lowest BCUT2D eigenvalue weighted by atomic mass is 10.1. The number of carbonyl (C=O) groups excluding carboxylic acids is 1. The molecule has 1 aliphatic rings. The molecule has 2 rings (SSSR count). The van der Waals surface area contributed by atoms with Crippen molar-refractivity contribution in [1.29, 1.82) is 0 Å². The summed E-state index contributed by atoms with van der Waals surface area (Å²) in [7, 11) is 2.02. The van der Waals surface area contributed by atoms with Gasteiger partial charge in [-0.15, -0.1) is 0 Å². The Morgan fingerprint density at radius 2 is 2.10 bits per heavy atom. The first-order valence-electron chi connectivity index (χ1n) is 6.68. The lowest BCUT2D eigenvalue weighted by Gasteiger charge is -2.38. The maximum Gasteiger partial charge on any atom is 0.337 e. The maximum absolute atomic E-state index is 12.4. The predicted molar refractivity (Wildman–Crippen MR) is 83.8 cm³/mol. The van der Waals surface area contributed by atoms with Crippen molar-refractivity contribution in [2.75, 3.05) is 32.0 Å². The van der Waals surface area contributed by atoms with E-state index < -0.39 is 5.97 Å². The summed E-state index contributed by atoms with van der Waals surface area (Å²) in [6, 6.07) is 4.61. The minimum absolute atomic E-state index is 0.0690. The van der Waals surface area contributed by atoms with Crippen LogP contribution in [0.5, 0.6) is 0 Å². The van der Waals surface area contributed by atoms with Gasteiger partial charge in [0.2, 0.25) is 0 Å². The number of anilines is 1. The topological polar surface area (TPSA) is 72.9 Å². The number of carboxylic acid groups (broad SMARTS) is 1. The Kier molecular flexibility index (Phi) is 4.84. The maximum atomic E-state index is 12.4. The van der Waals surface area contributed by atoms with Crippen molar-refractivity contribution in [2.24, 2.45) is 0 Å². The largest absolute Gasteiger partial charge is 0.478 e. The second-order valence-corrected chi connectivity index (χ2v) is 6.06. The molecule has 1 heterocycles. The van der Waals surface area contributed by atoms with Gasteiger partial charge in [-0.2, -0.15) is 0 Å². The number of nitrogens with zero attached hydrogens (tertiary/aromatic N) is 2. The molecular formula is C14H18BrN3O3. The van der Waals surface area contributed by atoms with E-state index in [9.17, 15) is 14.7 Å². The first kappa shape index (κ1) is 15.8. The number of rotatable bonds is 2. The molecule has 1 unspecified atom stereocenters. The highest BCUT2D eigenvalue weighted by atomic mass is 79.9. The van der Waals surface area contributed by atoms with Gasteiger partial charge in [0, 0.05) is 30.1 Å². The molecule has 1 aromatic rings. The van der Waals surface area contributed by atoms with Gasteiger partial charge in [-0.25, -0.2) is 9.59 Å². The second-order valence-electron chi connectivity index (χ2n) is 5.20. The van der Waals surface area contributed by atoms with E-state index in [1.807, 2.05) is 14.0 Å². The van der Waals surface area contributed by atoms with Gasteiger partial charge < -0.3 is 20.2 Å². The smallest absolute Gasteiger partial charge is 0.337 e. The van der Waals surface area contributed by atoms with Gasteiger partial charge >= 0.3 is 12.0 Å². The standard InChI is InChI=1S/C14H18BrN3O3/c1-9-8-17(2)6-7-18(9)14(21)16-12-10(13(19)20)4-3-5-11(12)15/h3-5,9H,6-8H2,1-2H3,(H,16,21)(H,19,20). The summed E-state index contributed by atoms with van der Waals surface area (Å²) < 4.78 is 0.553. The van der Waals surface area contributed by atoms with E-state index >= 15 is 0 Å². The van der Waals surface area contributed by atoms with Crippen LogP contribution < -0.4 is 5.32 Å². The van der Waals surface area contributed by atoms with Gasteiger partial charge in [0.15, 0.2) is 0 Å². The first-order valence-corrected chi connectivity index (χ1v) is 7.47. The van der Waals surface area contributed by atoms with Crippen LogP contribution in [0, 0.1) is 0 Å². The van der Waals surface area contributed by atoms with Crippen molar-refractivity contribution in [3.05, 3.63) is 28.2 Å². The van der Waals surface area contributed by atoms with Crippen LogP contribution in [0.25, 0.3) is 0 Å². The van der Waals surface area contributed by atoms with Crippen LogP contribution in [-0.2, 0) is 0 Å². The number of hydrogen-bond acceptors (Lipinski definition) is 3. The summed E-state index contributed by atoms with van der Waals surface area (Å²) in [5.41, 5.74) is 0.362. The molecule has 0 radical (unpaired) electrons. The average molecular weight is 356 g/mol. The lowest BCUT2D eigenvalue weighted by molar-refractivity contribution is 0.0698. The fourth-order valence-corrected chi connectivity index (χ4v) is 2.91. The highest BCUT2D eigenvalue weighted by Gasteiger charge is 2.27. The summed E-state index contributed by atoms with van der Waals surface area (Å²) >= 11 is 3.29. The molecule has 6 nitrogen and oxygen atoms in total. The Labute approximate surface area is 131 Å². The Morgan fingerprint density at radius 3 is 2.71 bits per heavy atom. The van der Waals surface area contributed by atoms with Crippen molar-refractivity contribution >= 4 is 33.6 Å². The van der Waals surface area contributed by atoms with Crippen molar-refractivity contribution in [3.8, 4) is 0 Å². The number of amides is 2. The summed E-state index contributed by atoms with van der Waals surface area (Å²) in [6.45, 7) is 4.21. The third-order valence-corrected chi connectivity index (χ3v) is 4.23. The molecule has 0 saturated carbocycles. The monoisotopic (exact) mass is 355 g/mol. The third-order valence-electron chi connectivity index (χ3n) is 3.57. The lowest BCUT2D eigenvalue weighted by Crippen LogP contribution is -2.54. The number of likely N-dealkylation sites (N-methyl/N-ethyl adjacent to an activating group) is 1. The van der Waals surface area contributed by atoms with Crippen molar-refractivity contribution in [1.82, 2.24) is 9.80 Å². The quantitative estimate of drug-likeness (QED) is 0.853. The molecule has 1 aliphatic heterocycles. The van der Waals surface area contributed by atoms with Gasteiger partial charge in [-0.05, 0) is 42.0 Å². The molecule has 1 aromatic carbocycles. The van der Waals surface area contributed by atoms with Crippen LogP contribution in [-0.4, -0.2) is 59.6 Å². The third kappa shape index (κ3) is 3.54. The van der Waals surface area contributed by atoms with E-state index in [1.54, 1.807) is 17.0 Å². The van der Waals surface area contributed by atoms with Gasteiger partial charge in [0.25, 0.3) is 0 Å². The number of piperazine rings is 1. The van der Waals surface area contributed by atoms with Crippen LogP contribution in [0.3, 0.4) is 0 Å². The fraction of sp³-hybridized carbons (Fsp3) is 0.429. The highest BCUT2D eigenvalue weighted by Crippen LogP contribution is 2.27. The molecule has 0 aliphatic carbocycles. The molecule has 0 aromatic heterocycles. The highest BCUT2D eigenvalue weighted by molar-refractivity contribution is 9.10. The zero-order valence-electron chi connectivity index (χ0n) is 12.0. The molecule has 1 atom stereocenters. The van der Waals surface area contributed by atoms with Crippen LogP contribution in [0.15, 0.2) is 22.7 Å². The molecule has 21 heavy (non-hydrogen) atoms. The number of carbonyl (C=O) groups is 2. The minimum Gasteiger partial charge on any atom is -0.478 e. The van der Waals surface area contributed by atoms with E-state index in [1.165, 1.54) is 6.07 Å². The van der Waals surface area contributed by atoms with Gasteiger partial charge in [0.05, 0.1) is 11.3 Å². The average Bonchev–Trinajstić information content (AvgIpc) is 2.40. The van der Waals surface area contributed by atoms with E-state index in [-0.39, 0.29) is 17.6 Å². The molecule has 7 heteroatoms. The number of halogens is 1. The van der Waals surface area contributed by atoms with E-state index in [0.29, 0.717) is 16.7 Å². The molecule has 2 N–H and O–H groups in total. The van der Waals surface area contributed by atoms with E-state index in [4.69, 9.17) is 0 Å². The van der Waals surface area contributed by atoms with Crippen molar-refractivity contribution in [3.63, 3.8) is 0 Å². The molecule has 1 saturated heterocycles. The number of urea groups is 1. The molecule has 114 valence electrons. The van der Waals surface area contributed by atoms with Crippen molar-refractivity contribution < 1.29 is 14.7 Å². The Bertz CT molecular complexity index is 564. The number of nitrogens with one attached hydrogen (secondary N) is 1. The molecular weight excluding hydrogens is 338 g/mol. The zero-order valence-corrected chi connectivity index (χ0v) is 13.6. The number of carboxylic acids is 1. The summed E-state index contributed by atoms with van der Waals surface area (Å²) in [4.78, 5) is 27.5. The molecule has 1 fully saturated rings. The van der Waals surface area contributed by atoms with Crippen LogP contribution in [0.2, 0.25) is 0 Å². The van der Waals surface area contributed by atoms with Gasteiger partial charge in [-0.3, -0.25) is 0 Å². The number of aromatic carboxylic acids is 1. The summed E-state index contributed by atoms with van der Waals surface area (Å²) in [5, 5.41) is 11.9. The van der Waals surface area contributed by atoms with Crippen LogP contribution in [0.4, 0.5) is 10.5 Å². The molecule has 2 amide bonds.